The maximum Gasteiger partial charge on any atom is 0.172 e. The van der Waals surface area contributed by atoms with E-state index < -0.39 is 5.82 Å². The van der Waals surface area contributed by atoms with E-state index in [0.717, 1.165) is 67.3 Å². The van der Waals surface area contributed by atoms with Gasteiger partial charge < -0.3 is 19.7 Å². The van der Waals surface area contributed by atoms with Crippen LogP contribution < -0.4 is 19.7 Å². The number of aryl methyl sites for hydroxylation is 1. The van der Waals surface area contributed by atoms with Crippen molar-refractivity contribution in [3.8, 4) is 17.2 Å². The van der Waals surface area contributed by atoms with E-state index in [2.05, 4.69) is 59.8 Å². The van der Waals surface area contributed by atoms with E-state index in [9.17, 15) is 9.18 Å². The van der Waals surface area contributed by atoms with Gasteiger partial charge in [0.2, 0.25) is 0 Å². The summed E-state index contributed by atoms with van der Waals surface area (Å²) in [6.07, 6.45) is 12.0. The fraction of sp³-hybridized carbons (Fsp3) is 0.475. The molecule has 4 aromatic rings. The van der Waals surface area contributed by atoms with Gasteiger partial charge in [0.15, 0.2) is 23.2 Å². The van der Waals surface area contributed by atoms with Gasteiger partial charge in [-0.15, -0.1) is 0 Å². The summed E-state index contributed by atoms with van der Waals surface area (Å²) in [5.41, 5.74) is 3.09. The summed E-state index contributed by atoms with van der Waals surface area (Å²) in [7, 11) is 0. The fourth-order valence-corrected chi connectivity index (χ4v) is 4.51. The maximum atomic E-state index is 13.5. The largest absolute Gasteiger partial charge is 0.489 e. The zero-order chi connectivity index (χ0) is 37.1. The molecule has 1 aliphatic rings. The molecule has 0 amide bonds. The molecule has 1 aromatic carbocycles. The van der Waals surface area contributed by atoms with Gasteiger partial charge >= 0.3 is 0 Å². The number of allylic oxidation sites excluding steroid dienone is 2. The number of rotatable bonds is 10. The molecule has 0 saturated heterocycles. The number of ether oxygens (including phenoxy) is 2. The molecule has 0 spiro atoms. The summed E-state index contributed by atoms with van der Waals surface area (Å²) >= 11 is 0. The number of ketones is 1. The molecule has 272 valence electrons. The fourth-order valence-electron chi connectivity index (χ4n) is 4.51. The topological polar surface area (TPSA) is 102 Å². The number of fused-ring (bicyclic) bond motifs is 2. The Balaban J connectivity index is 0.000000528. The highest BCUT2D eigenvalue weighted by atomic mass is 19.1. The molecule has 3 aromatic heterocycles. The summed E-state index contributed by atoms with van der Waals surface area (Å²) in [5, 5.41) is 3.38. The van der Waals surface area contributed by atoms with Gasteiger partial charge in [-0.2, -0.15) is 0 Å². The molecule has 1 atom stereocenters. The van der Waals surface area contributed by atoms with Crippen LogP contribution in [-0.4, -0.2) is 45.4 Å². The Morgan fingerprint density at radius 1 is 1.14 bits per heavy atom. The lowest BCUT2D eigenvalue weighted by molar-refractivity contribution is -0.112. The maximum absolute atomic E-state index is 13.5. The van der Waals surface area contributed by atoms with Gasteiger partial charge in [0, 0.05) is 36.8 Å². The smallest absolute Gasteiger partial charge is 0.172 e. The Hall–Kier alpha value is -4.60. The quantitative estimate of drug-likeness (QED) is 0.163. The third-order valence-electron chi connectivity index (χ3n) is 7.44. The zero-order valence-electron chi connectivity index (χ0n) is 31.7. The minimum atomic E-state index is -0.447. The van der Waals surface area contributed by atoms with Crippen LogP contribution >= 0.6 is 0 Å². The van der Waals surface area contributed by atoms with Gasteiger partial charge in [-0.25, -0.2) is 19.3 Å². The van der Waals surface area contributed by atoms with Crippen molar-refractivity contribution in [2.75, 3.05) is 29.9 Å². The molecule has 1 unspecified atom stereocenters. The van der Waals surface area contributed by atoms with E-state index in [1.54, 1.807) is 13.0 Å². The Morgan fingerprint density at radius 3 is 2.48 bits per heavy atom. The van der Waals surface area contributed by atoms with Crippen LogP contribution in [0.25, 0.3) is 11.0 Å². The van der Waals surface area contributed by atoms with Crippen molar-refractivity contribution in [1.82, 2.24) is 19.9 Å². The number of carbonyl (C=O) groups is 1. The van der Waals surface area contributed by atoms with E-state index in [4.69, 9.17) is 14.5 Å². The number of nitrogens with one attached hydrogen (secondary N) is 1. The van der Waals surface area contributed by atoms with E-state index in [0.29, 0.717) is 40.9 Å². The number of pyridine rings is 2. The van der Waals surface area contributed by atoms with E-state index >= 15 is 0 Å². The van der Waals surface area contributed by atoms with E-state index in [1.165, 1.54) is 25.0 Å². The molecule has 0 fully saturated rings. The summed E-state index contributed by atoms with van der Waals surface area (Å²) in [4.78, 5) is 30.2. The van der Waals surface area contributed by atoms with Crippen molar-refractivity contribution in [3.63, 3.8) is 0 Å². The summed E-state index contributed by atoms with van der Waals surface area (Å²) in [5.74, 6) is 4.12. The lowest BCUT2D eigenvalue weighted by Gasteiger charge is -2.24. The third-order valence-corrected chi connectivity index (χ3v) is 7.44. The Kier molecular flexibility index (Phi) is 18.4. The van der Waals surface area contributed by atoms with Gasteiger partial charge in [-0.1, -0.05) is 74.3 Å². The van der Waals surface area contributed by atoms with Crippen molar-refractivity contribution in [2.24, 2.45) is 11.8 Å². The molecule has 0 saturated carbocycles. The minimum Gasteiger partial charge on any atom is -0.489 e. The molecule has 1 aliphatic heterocycles. The first kappa shape index (κ1) is 41.6. The molecule has 0 bridgehead atoms. The molecule has 9 nitrogen and oxygen atoms in total. The van der Waals surface area contributed by atoms with Crippen LogP contribution in [-0.2, 0) is 4.79 Å². The minimum absolute atomic E-state index is 0.127. The lowest BCUT2D eigenvalue weighted by atomic mass is 10.2. The van der Waals surface area contributed by atoms with Crippen LogP contribution in [0.5, 0.6) is 17.2 Å². The van der Waals surface area contributed by atoms with Crippen LogP contribution in [0.1, 0.15) is 93.6 Å². The molecule has 10 heteroatoms. The van der Waals surface area contributed by atoms with Crippen molar-refractivity contribution in [1.29, 1.82) is 0 Å². The highest BCUT2D eigenvalue weighted by Crippen LogP contribution is 2.35. The number of aromatic nitrogens is 4. The molecular formula is C40H57FN6O3. The zero-order valence-corrected chi connectivity index (χ0v) is 31.7. The van der Waals surface area contributed by atoms with Crippen LogP contribution in [0.4, 0.5) is 21.7 Å². The van der Waals surface area contributed by atoms with Crippen LogP contribution in [0, 0.1) is 24.6 Å². The summed E-state index contributed by atoms with van der Waals surface area (Å²) in [6.45, 7) is 23.0. The van der Waals surface area contributed by atoms with Gasteiger partial charge in [0.25, 0.3) is 0 Å². The summed E-state index contributed by atoms with van der Waals surface area (Å²) in [6, 6.07) is 8.90. The highest BCUT2D eigenvalue weighted by Gasteiger charge is 2.23. The summed E-state index contributed by atoms with van der Waals surface area (Å²) < 4.78 is 25.4. The van der Waals surface area contributed by atoms with E-state index in [1.807, 2.05) is 58.0 Å². The molecule has 5 rings (SSSR count). The normalized spacial score (nSPS) is 13.4. The SMILES string of the molecule is CC.CC/C=C/C(C)=O.CCC(C)C.CCCCN1CC(C)COc2cc3ncnc(Nc4ccc(Oc5cncc(F)c5)c(C)c4)c3nc21. The number of benzene rings is 1. The molecule has 4 heterocycles. The second-order valence-corrected chi connectivity index (χ2v) is 12.4. The molecule has 1 N–H and O–H groups in total. The second-order valence-electron chi connectivity index (χ2n) is 12.4. The Labute approximate surface area is 298 Å². The highest BCUT2D eigenvalue weighted by molar-refractivity contribution is 5.90. The first-order valence-corrected chi connectivity index (χ1v) is 17.9. The molecule has 0 aliphatic carbocycles. The van der Waals surface area contributed by atoms with Gasteiger partial charge in [-0.05, 0) is 62.4 Å². The predicted octanol–water partition coefficient (Wildman–Crippen LogP) is 10.7. The predicted molar refractivity (Wildman–Crippen MR) is 204 cm³/mol. The van der Waals surface area contributed by atoms with Crippen molar-refractivity contribution >= 4 is 34.1 Å². The monoisotopic (exact) mass is 688 g/mol. The number of unbranched alkanes of at least 4 members (excludes halogenated alkanes) is 1. The molecule has 0 radical (unpaired) electrons. The van der Waals surface area contributed by atoms with Crippen LogP contribution in [0.15, 0.2) is 61.2 Å². The van der Waals surface area contributed by atoms with Crippen molar-refractivity contribution < 1.29 is 18.7 Å². The lowest BCUT2D eigenvalue weighted by Crippen LogP contribution is -2.30. The first-order valence-electron chi connectivity index (χ1n) is 17.9. The number of hydrogen-bond donors (Lipinski definition) is 1. The molecule has 50 heavy (non-hydrogen) atoms. The average Bonchev–Trinajstić information content (AvgIpc) is 3.25. The van der Waals surface area contributed by atoms with Crippen molar-refractivity contribution in [3.05, 3.63) is 72.6 Å². The van der Waals surface area contributed by atoms with Crippen molar-refractivity contribution in [2.45, 2.75) is 94.9 Å². The number of anilines is 3. The third kappa shape index (κ3) is 13.7. The number of hydrogen-bond acceptors (Lipinski definition) is 9. The number of halogens is 1. The average molecular weight is 689 g/mol. The van der Waals surface area contributed by atoms with Gasteiger partial charge in [-0.3, -0.25) is 9.78 Å². The number of carbonyl (C=O) groups excluding carboxylic acids is 1. The standard InChI is InChI=1S/C27H29FN6O2.C6H10O.C5H12.C2H6/c1-4-5-8-34-14-17(2)15-35-24-11-22-25(33-27(24)34)26(31-16-30-22)32-20-6-7-23(18(3)9-20)36-21-10-19(28)12-29-13-21;1-3-4-5-6(2)7;1-4-5(2)3;1-2/h6-7,9-13,16-17H,4-5,8,14-15H2,1-3H3,(H,30,31,32);4-5H,3H2,1-2H3;5H,4H2,1-3H3;1-2H3/b;5-4+;;. The van der Waals surface area contributed by atoms with Gasteiger partial charge in [0.05, 0.1) is 24.5 Å². The number of nitrogens with zero attached hydrogens (tertiary/aromatic N) is 5. The van der Waals surface area contributed by atoms with E-state index in [-0.39, 0.29) is 5.78 Å². The first-order chi connectivity index (χ1) is 24.0. The second kappa shape index (κ2) is 22.2. The van der Waals surface area contributed by atoms with Crippen LogP contribution in [0.2, 0.25) is 0 Å². The molecular weight excluding hydrogens is 631 g/mol. The Bertz CT molecular complexity index is 1650. The van der Waals surface area contributed by atoms with Gasteiger partial charge in [0.1, 0.15) is 29.2 Å². The Morgan fingerprint density at radius 2 is 1.88 bits per heavy atom. The van der Waals surface area contributed by atoms with Crippen LogP contribution in [0.3, 0.4) is 0 Å².